The lowest BCUT2D eigenvalue weighted by atomic mass is 9.78. The van der Waals surface area contributed by atoms with Crippen LogP contribution in [0.3, 0.4) is 0 Å². The Kier molecular flexibility index (Phi) is 9.13. The Labute approximate surface area is 145 Å². The van der Waals surface area contributed by atoms with Crippen molar-refractivity contribution in [3.63, 3.8) is 0 Å². The van der Waals surface area contributed by atoms with Gasteiger partial charge in [0, 0.05) is 0 Å². The molecule has 0 radical (unpaired) electrons. The van der Waals surface area contributed by atoms with Crippen LogP contribution in [0.1, 0.15) is 65.7 Å². The fraction of sp³-hybridized carbons (Fsp3) is 0.600. The summed E-state index contributed by atoms with van der Waals surface area (Å²) in [5, 5.41) is 0. The van der Waals surface area contributed by atoms with Crippen LogP contribution in [0.5, 0.6) is 5.75 Å². The van der Waals surface area contributed by atoms with Gasteiger partial charge in [-0.2, -0.15) is 0 Å². The molecule has 4 nitrogen and oxygen atoms in total. The van der Waals surface area contributed by atoms with E-state index in [4.69, 9.17) is 9.47 Å². The third-order valence-corrected chi connectivity index (χ3v) is 4.09. The van der Waals surface area contributed by atoms with Gasteiger partial charge in [0.15, 0.2) is 5.41 Å². The van der Waals surface area contributed by atoms with Crippen molar-refractivity contribution >= 4 is 11.9 Å². The number of hydrogen-bond acceptors (Lipinski definition) is 4. The zero-order valence-electron chi connectivity index (χ0n) is 15.2. The first-order valence-electron chi connectivity index (χ1n) is 9.05. The molecular formula is C20H30O4. The van der Waals surface area contributed by atoms with E-state index in [0.29, 0.717) is 25.2 Å². The molecule has 1 aromatic rings. The molecule has 0 heterocycles. The van der Waals surface area contributed by atoms with Crippen LogP contribution in [0.2, 0.25) is 0 Å². The van der Waals surface area contributed by atoms with Crippen molar-refractivity contribution in [3.8, 4) is 5.75 Å². The highest BCUT2D eigenvalue weighted by molar-refractivity contribution is 6.00. The maximum atomic E-state index is 12.9. The Morgan fingerprint density at radius 3 is 1.96 bits per heavy atom. The van der Waals surface area contributed by atoms with Gasteiger partial charge in [-0.3, -0.25) is 9.59 Å². The summed E-state index contributed by atoms with van der Waals surface area (Å²) in [6.45, 7) is 6.36. The molecule has 134 valence electrons. The molecule has 0 spiro atoms. The van der Waals surface area contributed by atoms with Gasteiger partial charge >= 0.3 is 11.9 Å². The third-order valence-electron chi connectivity index (χ3n) is 4.09. The molecule has 4 heteroatoms. The van der Waals surface area contributed by atoms with Gasteiger partial charge in [-0.15, -0.1) is 0 Å². The molecule has 0 bridgehead atoms. The summed E-state index contributed by atoms with van der Waals surface area (Å²) in [6.07, 6.45) is 5.07. The summed E-state index contributed by atoms with van der Waals surface area (Å²) in [4.78, 5) is 25.7. The number of benzene rings is 1. The molecular weight excluding hydrogens is 304 g/mol. The summed E-state index contributed by atoms with van der Waals surface area (Å²) in [6, 6.07) is 8.91. The number of carbonyl (C=O) groups excluding carboxylic acids is 2. The quantitative estimate of drug-likeness (QED) is 0.328. The van der Waals surface area contributed by atoms with Crippen molar-refractivity contribution in [2.45, 2.75) is 65.7 Å². The highest BCUT2D eigenvalue weighted by Gasteiger charge is 2.48. The largest absolute Gasteiger partial charge is 0.465 e. The Bertz CT molecular complexity index is 488. The number of ether oxygens (including phenoxy) is 2. The van der Waals surface area contributed by atoms with E-state index >= 15 is 0 Å². The Morgan fingerprint density at radius 2 is 1.46 bits per heavy atom. The van der Waals surface area contributed by atoms with E-state index in [0.717, 1.165) is 32.1 Å². The molecule has 0 aliphatic carbocycles. The van der Waals surface area contributed by atoms with Gasteiger partial charge in [0.1, 0.15) is 5.75 Å². The molecule has 0 atom stereocenters. The molecule has 0 N–H and O–H groups in total. The van der Waals surface area contributed by atoms with Gasteiger partial charge in [-0.1, -0.05) is 64.7 Å². The summed E-state index contributed by atoms with van der Waals surface area (Å²) in [5.41, 5.74) is -1.20. The Balaban J connectivity index is 3.05. The SMILES string of the molecule is CCCCC(CCCC)(C(=O)OCCC)C(=O)Oc1ccccc1. The minimum atomic E-state index is -1.20. The predicted molar refractivity (Wildman–Crippen MR) is 94.8 cm³/mol. The molecule has 0 aliphatic heterocycles. The lowest BCUT2D eigenvalue weighted by Gasteiger charge is -2.29. The van der Waals surface area contributed by atoms with Crippen LogP contribution in [-0.2, 0) is 14.3 Å². The van der Waals surface area contributed by atoms with Crippen LogP contribution < -0.4 is 4.74 Å². The van der Waals surface area contributed by atoms with Crippen molar-refractivity contribution in [1.29, 1.82) is 0 Å². The van der Waals surface area contributed by atoms with Crippen LogP contribution in [0.15, 0.2) is 30.3 Å². The number of carbonyl (C=O) groups is 2. The first kappa shape index (κ1) is 20.2. The molecule has 0 aliphatic rings. The van der Waals surface area contributed by atoms with E-state index in [1.54, 1.807) is 24.3 Å². The van der Waals surface area contributed by atoms with Gasteiger partial charge in [0.2, 0.25) is 0 Å². The first-order chi connectivity index (χ1) is 11.6. The molecule has 0 aromatic heterocycles. The van der Waals surface area contributed by atoms with Crippen LogP contribution in [0, 0.1) is 5.41 Å². The highest BCUT2D eigenvalue weighted by Crippen LogP contribution is 2.35. The second kappa shape index (κ2) is 10.8. The fourth-order valence-corrected chi connectivity index (χ4v) is 2.60. The van der Waals surface area contributed by atoms with Crippen LogP contribution >= 0.6 is 0 Å². The Morgan fingerprint density at radius 1 is 0.875 bits per heavy atom. The number of esters is 2. The standard InChI is InChI=1S/C20H30O4/c1-4-7-14-20(15-8-5-2,18(21)23-16-6-3)19(22)24-17-12-10-9-11-13-17/h9-13H,4-8,14-16H2,1-3H3. The molecule has 1 rings (SSSR count). The number of rotatable bonds is 11. The minimum Gasteiger partial charge on any atom is -0.465 e. The lowest BCUT2D eigenvalue weighted by molar-refractivity contribution is -0.169. The number of para-hydroxylation sites is 1. The van der Waals surface area contributed by atoms with Crippen molar-refractivity contribution in [1.82, 2.24) is 0 Å². The topological polar surface area (TPSA) is 52.6 Å². The summed E-state index contributed by atoms with van der Waals surface area (Å²) in [5.74, 6) is -0.466. The molecule has 0 fully saturated rings. The summed E-state index contributed by atoms with van der Waals surface area (Å²) >= 11 is 0. The zero-order valence-corrected chi connectivity index (χ0v) is 15.2. The van der Waals surface area contributed by atoms with Crippen LogP contribution in [-0.4, -0.2) is 18.5 Å². The molecule has 0 saturated heterocycles. The molecule has 0 saturated carbocycles. The average molecular weight is 334 g/mol. The van der Waals surface area contributed by atoms with Gasteiger partial charge in [-0.25, -0.2) is 0 Å². The number of hydrogen-bond donors (Lipinski definition) is 0. The maximum absolute atomic E-state index is 12.9. The normalized spacial score (nSPS) is 11.1. The van der Waals surface area contributed by atoms with E-state index in [1.165, 1.54) is 0 Å². The van der Waals surface area contributed by atoms with Crippen LogP contribution in [0.25, 0.3) is 0 Å². The lowest BCUT2D eigenvalue weighted by Crippen LogP contribution is -2.43. The monoisotopic (exact) mass is 334 g/mol. The smallest absolute Gasteiger partial charge is 0.328 e. The van der Waals surface area contributed by atoms with Gasteiger partial charge < -0.3 is 9.47 Å². The van der Waals surface area contributed by atoms with Gasteiger partial charge in [0.05, 0.1) is 6.61 Å². The first-order valence-corrected chi connectivity index (χ1v) is 9.05. The number of unbranched alkanes of at least 4 members (excludes halogenated alkanes) is 2. The van der Waals surface area contributed by atoms with Gasteiger partial charge in [0.25, 0.3) is 0 Å². The third kappa shape index (κ3) is 5.66. The van der Waals surface area contributed by atoms with E-state index in [2.05, 4.69) is 0 Å². The van der Waals surface area contributed by atoms with E-state index in [1.807, 2.05) is 26.8 Å². The maximum Gasteiger partial charge on any atom is 0.328 e. The van der Waals surface area contributed by atoms with E-state index in [9.17, 15) is 9.59 Å². The summed E-state index contributed by atoms with van der Waals surface area (Å²) in [7, 11) is 0. The predicted octanol–water partition coefficient (Wildman–Crippen LogP) is 4.91. The molecule has 1 aromatic carbocycles. The zero-order chi connectivity index (χ0) is 17.8. The van der Waals surface area contributed by atoms with E-state index < -0.39 is 17.4 Å². The second-order valence-corrected chi connectivity index (χ2v) is 6.13. The highest BCUT2D eigenvalue weighted by atomic mass is 16.6. The van der Waals surface area contributed by atoms with Crippen molar-refractivity contribution in [3.05, 3.63) is 30.3 Å². The van der Waals surface area contributed by atoms with E-state index in [-0.39, 0.29) is 0 Å². The van der Waals surface area contributed by atoms with Crippen molar-refractivity contribution in [2.75, 3.05) is 6.61 Å². The van der Waals surface area contributed by atoms with Crippen molar-refractivity contribution < 1.29 is 19.1 Å². The van der Waals surface area contributed by atoms with Crippen molar-refractivity contribution in [2.24, 2.45) is 5.41 Å². The Hall–Kier alpha value is -1.84. The van der Waals surface area contributed by atoms with Crippen LogP contribution in [0.4, 0.5) is 0 Å². The second-order valence-electron chi connectivity index (χ2n) is 6.13. The average Bonchev–Trinajstić information content (AvgIpc) is 2.61. The minimum absolute atomic E-state index is 0.331. The fourth-order valence-electron chi connectivity index (χ4n) is 2.60. The molecule has 0 amide bonds. The molecule has 0 unspecified atom stereocenters. The van der Waals surface area contributed by atoms with Gasteiger partial charge in [-0.05, 0) is 31.4 Å². The molecule has 24 heavy (non-hydrogen) atoms. The summed E-state index contributed by atoms with van der Waals surface area (Å²) < 4.78 is 10.9.